The maximum atomic E-state index is 10.9. The van der Waals surface area contributed by atoms with Crippen LogP contribution < -0.4 is 0 Å². The van der Waals surface area contributed by atoms with Gasteiger partial charge in [0.05, 0.1) is 6.10 Å². The van der Waals surface area contributed by atoms with Crippen molar-refractivity contribution >= 4 is 0 Å². The number of rotatable bonds is 10. The Kier molecular flexibility index (Phi) is 9.34. The van der Waals surface area contributed by atoms with E-state index in [9.17, 15) is 5.11 Å². The molecular weight excluding hydrogens is 392 g/mol. The molecule has 1 aliphatic carbocycles. The van der Waals surface area contributed by atoms with E-state index in [0.29, 0.717) is 30.0 Å². The topological polar surface area (TPSA) is 26.7 Å². The van der Waals surface area contributed by atoms with Gasteiger partial charge in [0.1, 0.15) is 0 Å². The highest BCUT2D eigenvalue weighted by Crippen LogP contribution is 2.36. The van der Waals surface area contributed by atoms with Crippen molar-refractivity contribution in [3.63, 3.8) is 0 Å². The van der Waals surface area contributed by atoms with Crippen LogP contribution in [0.1, 0.15) is 64.5 Å². The largest absolute Gasteiger partial charge is 0.393 e. The molecule has 1 saturated carbocycles. The molecule has 2 aromatic rings. The molecular formula is C29H44N2O. The molecule has 3 heteroatoms. The van der Waals surface area contributed by atoms with Gasteiger partial charge in [-0.1, -0.05) is 74.5 Å². The zero-order chi connectivity index (χ0) is 23.1. The van der Waals surface area contributed by atoms with E-state index < -0.39 is 0 Å². The van der Waals surface area contributed by atoms with Crippen molar-refractivity contribution in [2.45, 2.75) is 90.7 Å². The molecule has 0 heterocycles. The van der Waals surface area contributed by atoms with Gasteiger partial charge in [0.15, 0.2) is 0 Å². The minimum absolute atomic E-state index is 0.235. The fraction of sp³-hybridized carbons (Fsp3) is 0.586. The summed E-state index contributed by atoms with van der Waals surface area (Å²) in [6.07, 6.45) is 4.25. The van der Waals surface area contributed by atoms with Gasteiger partial charge in [-0.15, -0.1) is 0 Å². The Morgan fingerprint density at radius 3 is 1.84 bits per heavy atom. The molecule has 0 aliphatic heterocycles. The standard InChI is InChI=1S/C29H44N2O/c1-22(2)29(32)19-26-18-27(30(5)23(3)4)16-17-28(26)31(20-24-12-8-6-9-13-24)21-25-14-10-7-11-15-25/h6-15,22-23,26-29,32H,16-21H2,1-5H3/t26-,27+,28-,29?/m0/s1. The zero-order valence-electron chi connectivity index (χ0n) is 20.8. The molecule has 1 fully saturated rings. The summed E-state index contributed by atoms with van der Waals surface area (Å²) in [7, 11) is 2.28. The molecule has 1 N–H and O–H groups in total. The number of benzene rings is 2. The van der Waals surface area contributed by atoms with Crippen LogP contribution in [-0.2, 0) is 13.1 Å². The van der Waals surface area contributed by atoms with E-state index in [0.717, 1.165) is 19.5 Å². The lowest BCUT2D eigenvalue weighted by Crippen LogP contribution is -2.50. The van der Waals surface area contributed by atoms with Crippen LogP contribution in [0.4, 0.5) is 0 Å². The summed E-state index contributed by atoms with van der Waals surface area (Å²) in [6, 6.07) is 23.4. The van der Waals surface area contributed by atoms with Crippen molar-refractivity contribution in [2.24, 2.45) is 11.8 Å². The fourth-order valence-electron chi connectivity index (χ4n) is 5.26. The molecule has 4 atom stereocenters. The number of hydrogen-bond acceptors (Lipinski definition) is 3. The highest BCUT2D eigenvalue weighted by atomic mass is 16.3. The first kappa shape index (κ1) is 25.0. The van der Waals surface area contributed by atoms with Crippen LogP contribution in [0.25, 0.3) is 0 Å². The second kappa shape index (κ2) is 12.0. The number of hydrogen-bond donors (Lipinski definition) is 1. The lowest BCUT2D eigenvalue weighted by molar-refractivity contribution is 0.00733. The third kappa shape index (κ3) is 6.91. The number of aliphatic hydroxyl groups excluding tert-OH is 1. The Hall–Kier alpha value is -1.68. The second-order valence-corrected chi connectivity index (χ2v) is 10.5. The molecule has 32 heavy (non-hydrogen) atoms. The van der Waals surface area contributed by atoms with E-state index in [1.807, 2.05) is 0 Å². The summed E-state index contributed by atoms with van der Waals surface area (Å²) >= 11 is 0. The molecule has 1 aliphatic rings. The van der Waals surface area contributed by atoms with Crippen LogP contribution >= 0.6 is 0 Å². The van der Waals surface area contributed by atoms with Gasteiger partial charge in [-0.25, -0.2) is 0 Å². The fourth-order valence-corrected chi connectivity index (χ4v) is 5.26. The highest BCUT2D eigenvalue weighted by Gasteiger charge is 2.37. The van der Waals surface area contributed by atoms with Crippen molar-refractivity contribution in [3.05, 3.63) is 71.8 Å². The average molecular weight is 437 g/mol. The van der Waals surface area contributed by atoms with Gasteiger partial charge in [0.2, 0.25) is 0 Å². The van der Waals surface area contributed by atoms with Crippen LogP contribution in [0.2, 0.25) is 0 Å². The molecule has 3 rings (SSSR count). The second-order valence-electron chi connectivity index (χ2n) is 10.5. The summed E-state index contributed by atoms with van der Waals surface area (Å²) in [4.78, 5) is 5.23. The molecule has 0 aromatic heterocycles. The summed E-state index contributed by atoms with van der Waals surface area (Å²) in [5.41, 5.74) is 2.74. The van der Waals surface area contributed by atoms with Gasteiger partial charge >= 0.3 is 0 Å². The molecule has 3 nitrogen and oxygen atoms in total. The van der Waals surface area contributed by atoms with Crippen molar-refractivity contribution in [1.82, 2.24) is 9.80 Å². The summed E-state index contributed by atoms with van der Waals surface area (Å²) < 4.78 is 0. The van der Waals surface area contributed by atoms with Crippen molar-refractivity contribution in [1.29, 1.82) is 0 Å². The smallest absolute Gasteiger partial charge is 0.0566 e. The lowest BCUT2D eigenvalue weighted by Gasteiger charge is -2.46. The molecule has 0 spiro atoms. The first-order valence-corrected chi connectivity index (χ1v) is 12.6. The molecule has 0 bridgehead atoms. The maximum Gasteiger partial charge on any atom is 0.0566 e. The predicted octanol–water partition coefficient (Wildman–Crippen LogP) is 5.97. The van der Waals surface area contributed by atoms with E-state index in [1.165, 1.54) is 30.4 Å². The van der Waals surface area contributed by atoms with Gasteiger partial charge in [-0.05, 0) is 69.5 Å². The SMILES string of the molecule is CC(C)C(O)C[C@@H]1C[C@H](N(C)C(C)C)CC[C@@H]1N(Cc1ccccc1)Cc1ccccc1. The summed E-state index contributed by atoms with van der Waals surface area (Å²) in [5.74, 6) is 0.801. The van der Waals surface area contributed by atoms with Crippen LogP contribution in [-0.4, -0.2) is 46.2 Å². The zero-order valence-corrected chi connectivity index (χ0v) is 20.8. The number of nitrogens with zero attached hydrogens (tertiary/aromatic N) is 2. The normalized spacial score (nSPS) is 22.8. The van der Waals surface area contributed by atoms with E-state index in [2.05, 4.69) is 105 Å². The minimum Gasteiger partial charge on any atom is -0.393 e. The van der Waals surface area contributed by atoms with E-state index >= 15 is 0 Å². The van der Waals surface area contributed by atoms with Crippen molar-refractivity contribution in [3.8, 4) is 0 Å². The van der Waals surface area contributed by atoms with Crippen molar-refractivity contribution < 1.29 is 5.11 Å². The van der Waals surface area contributed by atoms with Crippen LogP contribution in [0, 0.1) is 11.8 Å². The third-order valence-electron chi connectivity index (χ3n) is 7.54. The molecule has 1 unspecified atom stereocenters. The molecule has 0 amide bonds. The summed E-state index contributed by atoms with van der Waals surface area (Å²) in [6.45, 7) is 10.8. The monoisotopic (exact) mass is 436 g/mol. The van der Waals surface area contributed by atoms with Crippen LogP contribution in [0.15, 0.2) is 60.7 Å². The van der Waals surface area contributed by atoms with Crippen LogP contribution in [0.5, 0.6) is 0 Å². The Morgan fingerprint density at radius 1 is 0.844 bits per heavy atom. The van der Waals surface area contributed by atoms with E-state index in [1.54, 1.807) is 0 Å². The first-order chi connectivity index (χ1) is 15.3. The molecule has 2 aromatic carbocycles. The molecule has 176 valence electrons. The summed E-state index contributed by atoms with van der Waals surface area (Å²) in [5, 5.41) is 10.9. The Morgan fingerprint density at radius 2 is 1.38 bits per heavy atom. The first-order valence-electron chi connectivity index (χ1n) is 12.6. The Labute approximate surface area is 196 Å². The average Bonchev–Trinajstić information content (AvgIpc) is 2.79. The van der Waals surface area contributed by atoms with Gasteiger partial charge in [-0.2, -0.15) is 0 Å². The van der Waals surface area contributed by atoms with E-state index in [4.69, 9.17) is 0 Å². The van der Waals surface area contributed by atoms with Gasteiger partial charge < -0.3 is 10.0 Å². The van der Waals surface area contributed by atoms with E-state index in [-0.39, 0.29) is 6.10 Å². The highest BCUT2D eigenvalue weighted by molar-refractivity contribution is 5.17. The molecule has 0 saturated heterocycles. The Bertz CT molecular complexity index is 735. The minimum atomic E-state index is -0.235. The van der Waals surface area contributed by atoms with Crippen LogP contribution in [0.3, 0.4) is 0 Å². The number of aliphatic hydroxyl groups is 1. The van der Waals surface area contributed by atoms with Gasteiger partial charge in [0.25, 0.3) is 0 Å². The van der Waals surface area contributed by atoms with Gasteiger partial charge in [-0.3, -0.25) is 4.90 Å². The van der Waals surface area contributed by atoms with Gasteiger partial charge in [0, 0.05) is 31.2 Å². The quantitative estimate of drug-likeness (QED) is 0.497. The van der Waals surface area contributed by atoms with Crippen molar-refractivity contribution in [2.75, 3.05) is 7.05 Å². The third-order valence-corrected chi connectivity index (χ3v) is 7.54. The maximum absolute atomic E-state index is 10.9. The Balaban J connectivity index is 1.86. The predicted molar refractivity (Wildman–Crippen MR) is 135 cm³/mol. The lowest BCUT2D eigenvalue weighted by atomic mass is 9.76. The molecule has 0 radical (unpaired) electrons.